The second-order valence-corrected chi connectivity index (χ2v) is 7.50. The van der Waals surface area contributed by atoms with Gasteiger partial charge in [0.15, 0.2) is 0 Å². The number of rotatable bonds is 7. The van der Waals surface area contributed by atoms with Crippen molar-refractivity contribution in [2.75, 3.05) is 20.3 Å². The Hall–Kier alpha value is -2.74. The van der Waals surface area contributed by atoms with E-state index in [2.05, 4.69) is 33.8 Å². The van der Waals surface area contributed by atoms with E-state index in [1.54, 1.807) is 18.0 Å². The third kappa shape index (κ3) is 3.91. The molecule has 0 bridgehead atoms. The zero-order valence-electron chi connectivity index (χ0n) is 16.0. The summed E-state index contributed by atoms with van der Waals surface area (Å²) in [5, 5.41) is 10.9. The summed E-state index contributed by atoms with van der Waals surface area (Å²) >= 11 is 0. The summed E-state index contributed by atoms with van der Waals surface area (Å²) in [5.74, 6) is 0.133. The van der Waals surface area contributed by atoms with Crippen molar-refractivity contribution in [3.05, 3.63) is 47.3 Å². The summed E-state index contributed by atoms with van der Waals surface area (Å²) in [4.78, 5) is 26.5. The molecule has 1 aromatic heterocycles. The Morgan fingerprint density at radius 2 is 2.07 bits per heavy atom. The van der Waals surface area contributed by atoms with Gasteiger partial charge in [0.05, 0.1) is 18.8 Å². The molecule has 2 heterocycles. The number of aromatic nitrogens is 3. The van der Waals surface area contributed by atoms with Gasteiger partial charge in [-0.15, -0.1) is 5.10 Å². The molecular formula is C20H25N5O3. The van der Waals surface area contributed by atoms with E-state index >= 15 is 0 Å². The molecule has 1 saturated heterocycles. The maximum Gasteiger partial charge on any atom is 0.324 e. The number of aryl methyl sites for hydroxylation is 1. The van der Waals surface area contributed by atoms with Crippen LogP contribution in [0.5, 0.6) is 0 Å². The minimum atomic E-state index is -0.573. The number of ether oxygens (including phenoxy) is 1. The van der Waals surface area contributed by atoms with E-state index < -0.39 is 6.04 Å². The first-order valence-corrected chi connectivity index (χ1v) is 9.70. The molecule has 148 valence electrons. The van der Waals surface area contributed by atoms with Gasteiger partial charge in [0, 0.05) is 26.3 Å². The summed E-state index contributed by atoms with van der Waals surface area (Å²) < 4.78 is 6.70. The monoisotopic (exact) mass is 383 g/mol. The summed E-state index contributed by atoms with van der Waals surface area (Å²) in [7, 11) is 1.63. The first kappa shape index (κ1) is 18.6. The molecule has 2 atom stereocenters. The second-order valence-electron chi connectivity index (χ2n) is 7.50. The number of amides is 3. The molecule has 4 rings (SSSR count). The number of methoxy groups -OCH3 is 1. The number of fused-ring (bicyclic) bond motifs is 1. The Kier molecular flexibility index (Phi) is 5.38. The van der Waals surface area contributed by atoms with Crippen molar-refractivity contribution in [2.45, 2.75) is 38.3 Å². The average Bonchev–Trinajstić information content (AvgIpc) is 3.26. The van der Waals surface area contributed by atoms with Crippen LogP contribution in [0.3, 0.4) is 0 Å². The number of nitrogens with one attached hydrogen (secondary N) is 1. The van der Waals surface area contributed by atoms with Crippen LogP contribution in [0.25, 0.3) is 0 Å². The van der Waals surface area contributed by atoms with E-state index in [9.17, 15) is 9.59 Å². The van der Waals surface area contributed by atoms with Gasteiger partial charge < -0.3 is 10.1 Å². The van der Waals surface area contributed by atoms with Crippen LogP contribution in [-0.2, 0) is 35.3 Å². The highest BCUT2D eigenvalue weighted by Gasteiger charge is 2.39. The molecule has 2 aliphatic rings. The Bertz CT molecular complexity index is 865. The molecule has 2 aromatic rings. The predicted molar refractivity (Wildman–Crippen MR) is 102 cm³/mol. The molecule has 1 fully saturated rings. The van der Waals surface area contributed by atoms with E-state index in [0.29, 0.717) is 37.7 Å². The molecular weight excluding hydrogens is 358 g/mol. The number of hydrogen-bond acceptors (Lipinski definition) is 5. The van der Waals surface area contributed by atoms with Gasteiger partial charge >= 0.3 is 6.03 Å². The smallest absolute Gasteiger partial charge is 0.324 e. The zero-order chi connectivity index (χ0) is 19.5. The summed E-state index contributed by atoms with van der Waals surface area (Å²) in [6.45, 7) is 1.61. The van der Waals surface area contributed by atoms with Gasteiger partial charge in [0.1, 0.15) is 6.04 Å². The molecule has 28 heavy (non-hydrogen) atoms. The average molecular weight is 383 g/mol. The molecule has 1 aromatic carbocycles. The molecule has 1 aliphatic heterocycles. The molecule has 1 N–H and O–H groups in total. The Balaban J connectivity index is 1.36. The number of urea groups is 1. The van der Waals surface area contributed by atoms with Gasteiger partial charge in [-0.1, -0.05) is 29.5 Å². The van der Waals surface area contributed by atoms with Crippen molar-refractivity contribution in [1.29, 1.82) is 0 Å². The summed E-state index contributed by atoms with van der Waals surface area (Å²) in [6, 6.07) is 7.53. The molecule has 1 aliphatic carbocycles. The van der Waals surface area contributed by atoms with E-state index in [4.69, 9.17) is 4.74 Å². The maximum atomic E-state index is 12.8. The Morgan fingerprint density at radius 3 is 2.89 bits per heavy atom. The van der Waals surface area contributed by atoms with Gasteiger partial charge in [-0.05, 0) is 36.3 Å². The molecule has 0 saturated carbocycles. The lowest BCUT2D eigenvalue weighted by Crippen LogP contribution is -2.37. The third-order valence-electron chi connectivity index (χ3n) is 5.52. The van der Waals surface area contributed by atoms with Crippen molar-refractivity contribution in [2.24, 2.45) is 5.92 Å². The number of imide groups is 1. The number of carbonyl (C=O) groups excluding carboxylic acids is 2. The van der Waals surface area contributed by atoms with Crippen LogP contribution in [-0.4, -0.2) is 58.1 Å². The van der Waals surface area contributed by atoms with E-state index in [0.717, 1.165) is 19.3 Å². The van der Waals surface area contributed by atoms with Crippen LogP contribution in [0, 0.1) is 5.92 Å². The van der Waals surface area contributed by atoms with E-state index in [1.807, 2.05) is 6.07 Å². The largest absolute Gasteiger partial charge is 0.383 e. The predicted octanol–water partition coefficient (Wildman–Crippen LogP) is 1.19. The second kappa shape index (κ2) is 8.10. The maximum absolute atomic E-state index is 12.8. The lowest BCUT2D eigenvalue weighted by Gasteiger charge is -2.27. The van der Waals surface area contributed by atoms with Gasteiger partial charge in [-0.25, -0.2) is 9.48 Å². The first-order valence-electron chi connectivity index (χ1n) is 9.70. The number of carbonyl (C=O) groups is 2. The quantitative estimate of drug-likeness (QED) is 0.726. The number of nitrogens with zero attached hydrogens (tertiary/aromatic N) is 4. The highest BCUT2D eigenvalue weighted by Crippen LogP contribution is 2.27. The molecule has 0 spiro atoms. The lowest BCUT2D eigenvalue weighted by molar-refractivity contribution is -0.127. The van der Waals surface area contributed by atoms with Crippen molar-refractivity contribution in [3.8, 4) is 0 Å². The molecule has 0 unspecified atom stereocenters. The Labute approximate surface area is 163 Å². The minimum Gasteiger partial charge on any atom is -0.383 e. The van der Waals surface area contributed by atoms with Gasteiger partial charge in [-0.2, -0.15) is 0 Å². The first-order chi connectivity index (χ1) is 13.6. The lowest BCUT2D eigenvalue weighted by atomic mass is 9.83. The standard InChI is InChI=1S/C20H25N5O3/c1-28-9-8-24-13-17(22-23-24)11-18-19(26)25(20(27)21-18)12-14-6-7-15-4-2-3-5-16(15)10-14/h2-5,13-14,18H,6-12H2,1H3,(H,21,27)/t14-,18-/m1/s1. The van der Waals surface area contributed by atoms with Crippen LogP contribution >= 0.6 is 0 Å². The van der Waals surface area contributed by atoms with E-state index in [-0.39, 0.29) is 11.9 Å². The number of hydrogen-bond donors (Lipinski definition) is 1. The fourth-order valence-electron chi connectivity index (χ4n) is 4.01. The van der Waals surface area contributed by atoms with Crippen molar-refractivity contribution in [3.63, 3.8) is 0 Å². The van der Waals surface area contributed by atoms with Crippen LogP contribution in [0.1, 0.15) is 23.2 Å². The highest BCUT2D eigenvalue weighted by atomic mass is 16.5. The molecule has 0 radical (unpaired) electrons. The molecule has 8 nitrogen and oxygen atoms in total. The molecule has 8 heteroatoms. The van der Waals surface area contributed by atoms with Gasteiger partial charge in [0.2, 0.25) is 0 Å². The van der Waals surface area contributed by atoms with Crippen LogP contribution in [0.15, 0.2) is 30.5 Å². The fraction of sp³-hybridized carbons (Fsp3) is 0.500. The minimum absolute atomic E-state index is 0.171. The zero-order valence-corrected chi connectivity index (χ0v) is 16.0. The highest BCUT2D eigenvalue weighted by molar-refractivity contribution is 6.04. The van der Waals surface area contributed by atoms with Crippen molar-refractivity contribution < 1.29 is 14.3 Å². The van der Waals surface area contributed by atoms with Crippen LogP contribution in [0.4, 0.5) is 4.79 Å². The van der Waals surface area contributed by atoms with Crippen LogP contribution in [0.2, 0.25) is 0 Å². The van der Waals surface area contributed by atoms with Crippen LogP contribution < -0.4 is 5.32 Å². The summed E-state index contributed by atoms with van der Waals surface area (Å²) in [5.41, 5.74) is 3.39. The van der Waals surface area contributed by atoms with E-state index in [1.165, 1.54) is 16.0 Å². The van der Waals surface area contributed by atoms with Crippen molar-refractivity contribution in [1.82, 2.24) is 25.2 Å². The summed E-state index contributed by atoms with van der Waals surface area (Å²) in [6.07, 6.45) is 5.04. The SMILES string of the molecule is COCCn1cc(C[C@H]2NC(=O)N(C[C@@H]3CCc4ccccc4C3)C2=O)nn1. The third-order valence-corrected chi connectivity index (χ3v) is 5.52. The van der Waals surface area contributed by atoms with Gasteiger partial charge in [-0.3, -0.25) is 9.69 Å². The fourth-order valence-corrected chi connectivity index (χ4v) is 4.01. The van der Waals surface area contributed by atoms with Gasteiger partial charge in [0.25, 0.3) is 5.91 Å². The van der Waals surface area contributed by atoms with Crippen molar-refractivity contribution >= 4 is 11.9 Å². The molecule has 3 amide bonds. The Morgan fingerprint density at radius 1 is 1.25 bits per heavy atom. The number of benzene rings is 1. The normalized spacial score (nSPS) is 21.7. The topological polar surface area (TPSA) is 89.4 Å².